The Morgan fingerprint density at radius 2 is 2.03 bits per heavy atom. The van der Waals surface area contributed by atoms with E-state index in [0.717, 1.165) is 21.3 Å². The van der Waals surface area contributed by atoms with Gasteiger partial charge in [0.25, 0.3) is 11.5 Å². The molecule has 1 fully saturated rings. The Hall–Kier alpha value is -3.47. The van der Waals surface area contributed by atoms with Gasteiger partial charge in [-0.2, -0.15) is 13.8 Å². The topological polar surface area (TPSA) is 82.2 Å². The monoisotopic (exact) mass is 474 g/mol. The zero-order chi connectivity index (χ0) is 23.1. The van der Waals surface area contributed by atoms with E-state index in [9.17, 15) is 17.5 Å². The fourth-order valence-electron chi connectivity index (χ4n) is 3.90. The molecule has 4 aromatic rings. The van der Waals surface area contributed by atoms with Crippen molar-refractivity contribution in [2.24, 2.45) is 0 Å². The van der Waals surface area contributed by atoms with Gasteiger partial charge in [-0.1, -0.05) is 6.07 Å². The molecule has 2 heterocycles. The molecule has 5 rings (SSSR count). The van der Waals surface area contributed by atoms with Gasteiger partial charge in [-0.05, 0) is 77.3 Å². The number of aromatic nitrogens is 3. The number of alkyl halides is 2. The second kappa shape index (κ2) is 8.47. The van der Waals surface area contributed by atoms with Gasteiger partial charge in [-0.15, -0.1) is 3.89 Å². The number of aryl methyl sites for hydroxylation is 1. The molecule has 0 aliphatic heterocycles. The van der Waals surface area contributed by atoms with E-state index in [1.807, 2.05) is 12.1 Å². The second-order valence-corrected chi connectivity index (χ2v) is 8.25. The predicted molar refractivity (Wildman–Crippen MR) is 118 cm³/mol. The van der Waals surface area contributed by atoms with Gasteiger partial charge in [-0.3, -0.25) is 4.79 Å². The summed E-state index contributed by atoms with van der Waals surface area (Å²) >= 11 is -0.117. The molecular weight excluding hydrogens is 457 g/mol. The Labute approximate surface area is 190 Å². The molecule has 0 bridgehead atoms. The lowest BCUT2D eigenvalue weighted by Crippen LogP contribution is -2.12. The van der Waals surface area contributed by atoms with E-state index >= 15 is 0 Å². The molecule has 1 aliphatic rings. The number of pyridine rings is 1. The summed E-state index contributed by atoms with van der Waals surface area (Å²) in [6.45, 7) is -1.22. The molecule has 0 amide bonds. The van der Waals surface area contributed by atoms with Crippen molar-refractivity contribution in [3.05, 3.63) is 75.9 Å². The first-order valence-electron chi connectivity index (χ1n) is 10.0. The van der Waals surface area contributed by atoms with Crippen LogP contribution in [-0.2, 0) is 0 Å². The standard InChI is InChI=1S/C22H17F3N4O3S/c1-11-8-14(4-6-18(11)31-21(23)24)26-22-27-20(32-28-22)16-10-15(16)12-2-5-17-13(9-12)3-7-19(30)29(17)33-25/h2-9,15-16,21H,10H2,1H3,(H,26,28). The molecule has 2 atom stereocenters. The fourth-order valence-corrected chi connectivity index (χ4v) is 4.27. The first-order chi connectivity index (χ1) is 15.9. The number of halogens is 3. The van der Waals surface area contributed by atoms with Gasteiger partial charge in [0.2, 0.25) is 5.89 Å². The Morgan fingerprint density at radius 3 is 2.79 bits per heavy atom. The molecule has 2 aromatic carbocycles. The normalized spacial score (nSPS) is 17.5. The SMILES string of the molecule is Cc1cc(Nc2noc(C3CC3c3ccc4c(ccc(=O)n4SF)c3)n2)ccc1OC(F)F. The maximum Gasteiger partial charge on any atom is 0.387 e. The van der Waals surface area contributed by atoms with E-state index in [1.54, 1.807) is 31.2 Å². The van der Waals surface area contributed by atoms with Crippen LogP contribution in [0.15, 0.2) is 57.8 Å². The summed E-state index contributed by atoms with van der Waals surface area (Å²) in [6, 6.07) is 13.3. The summed E-state index contributed by atoms with van der Waals surface area (Å²) in [5.41, 5.74) is 2.29. The molecular formula is C22H17F3N4O3S. The van der Waals surface area contributed by atoms with E-state index in [4.69, 9.17) is 4.52 Å². The number of nitrogens with zero attached hydrogens (tertiary/aromatic N) is 3. The van der Waals surface area contributed by atoms with Gasteiger partial charge in [0.05, 0.1) is 5.52 Å². The van der Waals surface area contributed by atoms with Crippen LogP contribution in [0.3, 0.4) is 0 Å². The molecule has 2 aromatic heterocycles. The van der Waals surface area contributed by atoms with E-state index < -0.39 is 12.2 Å². The van der Waals surface area contributed by atoms with Crippen LogP contribution in [0.4, 0.5) is 24.3 Å². The average molecular weight is 474 g/mol. The highest BCUT2D eigenvalue weighted by atomic mass is 32.2. The summed E-state index contributed by atoms with van der Waals surface area (Å²) in [6.07, 6.45) is 0.823. The lowest BCUT2D eigenvalue weighted by molar-refractivity contribution is -0.0502. The zero-order valence-corrected chi connectivity index (χ0v) is 18.0. The summed E-state index contributed by atoms with van der Waals surface area (Å²) in [4.78, 5) is 16.2. The van der Waals surface area contributed by atoms with Gasteiger partial charge >= 0.3 is 6.61 Å². The van der Waals surface area contributed by atoms with Crippen molar-refractivity contribution in [3.8, 4) is 5.75 Å². The molecule has 7 nitrogen and oxygen atoms in total. The Bertz CT molecular complexity index is 1390. The van der Waals surface area contributed by atoms with Crippen molar-refractivity contribution in [3.63, 3.8) is 0 Å². The number of fused-ring (bicyclic) bond motifs is 1. The largest absolute Gasteiger partial charge is 0.435 e. The third kappa shape index (κ3) is 4.28. The van der Waals surface area contributed by atoms with Gasteiger partial charge in [0, 0.05) is 17.7 Å². The lowest BCUT2D eigenvalue weighted by atomic mass is 10.1. The van der Waals surface area contributed by atoms with Crippen molar-refractivity contribution in [2.45, 2.75) is 31.8 Å². The summed E-state index contributed by atoms with van der Waals surface area (Å²) in [5.74, 6) is 1.08. The summed E-state index contributed by atoms with van der Waals surface area (Å²) in [5, 5.41) is 7.72. The van der Waals surface area contributed by atoms with E-state index in [1.165, 1.54) is 12.1 Å². The van der Waals surface area contributed by atoms with Crippen molar-refractivity contribution in [2.75, 3.05) is 5.32 Å². The smallest absolute Gasteiger partial charge is 0.387 e. The molecule has 170 valence electrons. The van der Waals surface area contributed by atoms with Crippen molar-refractivity contribution >= 4 is 34.9 Å². The number of ether oxygens (including phenoxy) is 1. The fraction of sp³-hybridized carbons (Fsp3) is 0.227. The first-order valence-corrected chi connectivity index (χ1v) is 10.7. The first kappa shape index (κ1) is 21.4. The van der Waals surface area contributed by atoms with Gasteiger partial charge in [0.15, 0.2) is 12.3 Å². The minimum Gasteiger partial charge on any atom is -0.435 e. The van der Waals surface area contributed by atoms with Crippen molar-refractivity contribution in [1.29, 1.82) is 0 Å². The van der Waals surface area contributed by atoms with Crippen molar-refractivity contribution in [1.82, 2.24) is 14.1 Å². The van der Waals surface area contributed by atoms with Crippen LogP contribution >= 0.6 is 12.3 Å². The van der Waals surface area contributed by atoms with Crippen LogP contribution in [0.1, 0.15) is 35.3 Å². The quantitative estimate of drug-likeness (QED) is 0.368. The van der Waals surface area contributed by atoms with Crippen LogP contribution < -0.4 is 15.6 Å². The predicted octanol–water partition coefficient (Wildman–Crippen LogP) is 5.69. The molecule has 2 unspecified atom stereocenters. The zero-order valence-electron chi connectivity index (χ0n) is 17.2. The van der Waals surface area contributed by atoms with Crippen molar-refractivity contribution < 1.29 is 21.9 Å². The maximum atomic E-state index is 13.1. The molecule has 1 aliphatic carbocycles. The lowest BCUT2D eigenvalue weighted by Gasteiger charge is -2.09. The van der Waals surface area contributed by atoms with Crippen LogP contribution in [0.25, 0.3) is 10.9 Å². The second-order valence-electron chi connectivity index (χ2n) is 7.74. The van der Waals surface area contributed by atoms with E-state index in [0.29, 0.717) is 22.7 Å². The molecule has 33 heavy (non-hydrogen) atoms. The van der Waals surface area contributed by atoms with E-state index in [2.05, 4.69) is 20.2 Å². The molecule has 0 saturated heterocycles. The number of hydrogen-bond acceptors (Lipinski definition) is 7. The highest BCUT2D eigenvalue weighted by Crippen LogP contribution is 2.54. The summed E-state index contributed by atoms with van der Waals surface area (Å²) < 4.78 is 48.8. The average Bonchev–Trinajstić information content (AvgIpc) is 3.46. The minimum atomic E-state index is -2.89. The molecule has 11 heteroatoms. The van der Waals surface area contributed by atoms with E-state index in [-0.39, 0.29) is 35.9 Å². The Morgan fingerprint density at radius 1 is 1.18 bits per heavy atom. The van der Waals surface area contributed by atoms with Gasteiger partial charge < -0.3 is 14.6 Å². The number of rotatable bonds is 7. The van der Waals surface area contributed by atoms with Crippen LogP contribution in [0.2, 0.25) is 0 Å². The molecule has 0 radical (unpaired) electrons. The third-order valence-electron chi connectivity index (χ3n) is 5.57. The number of hydrogen-bond donors (Lipinski definition) is 1. The van der Waals surface area contributed by atoms with Gasteiger partial charge in [0.1, 0.15) is 5.75 Å². The van der Waals surface area contributed by atoms with Gasteiger partial charge in [-0.25, -0.2) is 3.97 Å². The highest BCUT2D eigenvalue weighted by molar-refractivity contribution is 7.92. The molecule has 1 N–H and O–H groups in total. The number of anilines is 2. The molecule has 0 spiro atoms. The summed E-state index contributed by atoms with van der Waals surface area (Å²) in [7, 11) is 0. The van der Waals surface area contributed by atoms with Crippen LogP contribution in [0.5, 0.6) is 5.75 Å². The number of nitrogens with one attached hydrogen (secondary N) is 1. The van der Waals surface area contributed by atoms with Crippen LogP contribution in [-0.4, -0.2) is 20.7 Å². The minimum absolute atomic E-state index is 0.0514. The maximum absolute atomic E-state index is 13.1. The van der Waals surface area contributed by atoms with Crippen LogP contribution in [0, 0.1) is 6.92 Å². The molecule has 1 saturated carbocycles. The Kier molecular flexibility index (Phi) is 5.49. The Balaban J connectivity index is 1.29. The number of benzene rings is 2. The highest BCUT2D eigenvalue weighted by Gasteiger charge is 2.43. The third-order valence-corrected chi connectivity index (χ3v) is 6.08.